The highest BCUT2D eigenvalue weighted by Crippen LogP contribution is 2.40. The van der Waals surface area contributed by atoms with Gasteiger partial charge in [0.1, 0.15) is 18.2 Å². The van der Waals surface area contributed by atoms with Gasteiger partial charge in [-0.05, 0) is 85.4 Å². The summed E-state index contributed by atoms with van der Waals surface area (Å²) in [5.41, 5.74) is 7.86. The van der Waals surface area contributed by atoms with Crippen molar-refractivity contribution in [3.8, 4) is 22.9 Å². The van der Waals surface area contributed by atoms with Gasteiger partial charge in [0.25, 0.3) is 0 Å². The molecular weight excluding hydrogens is 558 g/mol. The molecule has 0 spiro atoms. The number of primary amides is 1. The number of phenols is 1. The lowest BCUT2D eigenvalue weighted by Gasteiger charge is -2.42. The normalized spacial score (nSPS) is 21.7. The fourth-order valence-corrected chi connectivity index (χ4v) is 7.10. The van der Waals surface area contributed by atoms with Gasteiger partial charge in [0.05, 0.1) is 12.1 Å². The molecule has 3 aliphatic heterocycles. The predicted octanol–water partition coefficient (Wildman–Crippen LogP) is 3.48. The number of nitrogens with one attached hydrogen (secondary N) is 1. The number of hydrogen-bond acceptors (Lipinski definition) is 8. The van der Waals surface area contributed by atoms with Crippen LogP contribution in [0.3, 0.4) is 0 Å². The van der Waals surface area contributed by atoms with Crippen LogP contribution in [-0.2, 0) is 4.79 Å². The Bertz CT molecular complexity index is 1730. The first-order valence-corrected chi connectivity index (χ1v) is 15.3. The van der Waals surface area contributed by atoms with Crippen LogP contribution in [0.2, 0.25) is 0 Å². The van der Waals surface area contributed by atoms with E-state index in [2.05, 4.69) is 40.4 Å². The summed E-state index contributed by atoms with van der Waals surface area (Å²) in [4.78, 5) is 40.3. The second-order valence-corrected chi connectivity index (χ2v) is 12.2. The van der Waals surface area contributed by atoms with Gasteiger partial charge < -0.3 is 35.6 Å². The number of carbonyl (C=O) groups is 2. The summed E-state index contributed by atoms with van der Waals surface area (Å²) in [5.74, 6) is 0.449. The molecule has 3 aromatic carbocycles. The van der Waals surface area contributed by atoms with Crippen molar-refractivity contribution in [3.05, 3.63) is 54.6 Å². The van der Waals surface area contributed by atoms with Gasteiger partial charge in [-0.25, -0.2) is 4.79 Å². The maximum absolute atomic E-state index is 12.8. The van der Waals surface area contributed by atoms with Crippen molar-refractivity contribution in [1.82, 2.24) is 25.1 Å². The van der Waals surface area contributed by atoms with Crippen LogP contribution in [-0.4, -0.2) is 94.8 Å². The third-order valence-electron chi connectivity index (χ3n) is 9.32. The minimum absolute atomic E-state index is 0.0645. The van der Waals surface area contributed by atoms with E-state index in [9.17, 15) is 14.7 Å². The van der Waals surface area contributed by atoms with Crippen LogP contribution >= 0.6 is 0 Å². The number of ether oxygens (including phenoxy) is 1. The first kappa shape index (κ1) is 28.1. The average molecular weight is 596 g/mol. The number of nitrogens with two attached hydrogens (primary N) is 1. The number of anilines is 1. The number of aromatic nitrogens is 2. The van der Waals surface area contributed by atoms with Crippen molar-refractivity contribution in [1.29, 1.82) is 0 Å². The third-order valence-corrected chi connectivity index (χ3v) is 9.32. The monoisotopic (exact) mass is 595 g/mol. The number of rotatable bonds is 7. The summed E-state index contributed by atoms with van der Waals surface area (Å²) in [6.07, 6.45) is 4.07. The Morgan fingerprint density at radius 3 is 2.57 bits per heavy atom. The summed E-state index contributed by atoms with van der Waals surface area (Å²) in [7, 11) is 2.12. The zero-order chi connectivity index (χ0) is 30.4. The van der Waals surface area contributed by atoms with Crippen LogP contribution < -0.4 is 20.7 Å². The number of aromatic hydroxyl groups is 1. The fraction of sp³-hybridized carbons (Fsp3) is 0.394. The van der Waals surface area contributed by atoms with E-state index in [-0.39, 0.29) is 30.4 Å². The molecule has 0 unspecified atom stereocenters. The number of urea groups is 1. The van der Waals surface area contributed by atoms with E-state index in [4.69, 9.17) is 20.4 Å². The van der Waals surface area contributed by atoms with Crippen LogP contribution in [0.25, 0.3) is 32.8 Å². The minimum Gasteiger partial charge on any atom is -0.508 e. The van der Waals surface area contributed by atoms with Gasteiger partial charge in [0.15, 0.2) is 0 Å². The van der Waals surface area contributed by atoms with Gasteiger partial charge in [-0.1, -0.05) is 30.3 Å². The van der Waals surface area contributed by atoms with E-state index in [0.717, 1.165) is 70.8 Å². The van der Waals surface area contributed by atoms with Crippen molar-refractivity contribution >= 4 is 39.4 Å². The van der Waals surface area contributed by atoms with Gasteiger partial charge in [0.2, 0.25) is 5.91 Å². The summed E-state index contributed by atoms with van der Waals surface area (Å²) in [6, 6.07) is 18.3. The summed E-state index contributed by atoms with van der Waals surface area (Å²) in [5, 5.41) is 16.1. The maximum atomic E-state index is 12.8. The largest absolute Gasteiger partial charge is 0.508 e. The molecule has 0 saturated carbocycles. The zero-order valence-corrected chi connectivity index (χ0v) is 24.8. The van der Waals surface area contributed by atoms with Gasteiger partial charge in [-0.15, -0.1) is 0 Å². The molecule has 1 aromatic heterocycles. The number of hydrogen-bond donors (Lipinski definition) is 3. The molecule has 0 radical (unpaired) electrons. The lowest BCUT2D eigenvalue weighted by molar-refractivity contribution is -0.117. The van der Waals surface area contributed by atoms with Crippen molar-refractivity contribution in [3.63, 3.8) is 0 Å². The number of likely N-dealkylation sites (N-methyl/N-ethyl adjacent to an activating group) is 1. The van der Waals surface area contributed by atoms with Crippen molar-refractivity contribution < 1.29 is 19.4 Å². The number of carbonyl (C=O) groups excluding carboxylic acids is 2. The SMILES string of the molecule is CN1CCC[C@H]1COc1nc(N2[C@@H]3CC[C@H]2CN(C(=O)NCC(N)=O)C3)c2ccc(-c3cc(O)cc4ccccc34)cc2n1. The lowest BCUT2D eigenvalue weighted by atomic mass is 9.97. The van der Waals surface area contributed by atoms with E-state index in [0.29, 0.717) is 31.7 Å². The second-order valence-electron chi connectivity index (χ2n) is 12.2. The maximum Gasteiger partial charge on any atom is 0.319 e. The first-order valence-electron chi connectivity index (χ1n) is 15.3. The Hall–Kier alpha value is -4.64. The van der Waals surface area contributed by atoms with E-state index >= 15 is 0 Å². The van der Waals surface area contributed by atoms with Crippen LogP contribution in [0.4, 0.5) is 10.6 Å². The van der Waals surface area contributed by atoms with Gasteiger partial charge in [-0.3, -0.25) is 4.79 Å². The number of nitrogens with zero attached hydrogens (tertiary/aromatic N) is 5. The molecule has 3 atom stereocenters. The van der Waals surface area contributed by atoms with E-state index in [1.807, 2.05) is 24.3 Å². The molecule has 11 heteroatoms. The second kappa shape index (κ2) is 11.5. The Labute approximate surface area is 255 Å². The zero-order valence-electron chi connectivity index (χ0n) is 24.8. The third kappa shape index (κ3) is 5.32. The molecule has 2 bridgehead atoms. The molecule has 3 fully saturated rings. The molecule has 3 amide bonds. The van der Waals surface area contributed by atoms with E-state index in [1.54, 1.807) is 17.0 Å². The van der Waals surface area contributed by atoms with Crippen LogP contribution in [0.15, 0.2) is 54.6 Å². The highest BCUT2D eigenvalue weighted by Gasteiger charge is 2.43. The molecular formula is C33H37N7O4. The molecule has 4 aromatic rings. The number of amides is 3. The number of fused-ring (bicyclic) bond motifs is 4. The number of likely N-dealkylation sites (tertiary alicyclic amines) is 2. The fourth-order valence-electron chi connectivity index (χ4n) is 7.10. The molecule has 0 aliphatic carbocycles. The summed E-state index contributed by atoms with van der Waals surface area (Å²) in [6.45, 7) is 2.42. The van der Waals surface area contributed by atoms with E-state index in [1.165, 1.54) is 0 Å². The van der Waals surface area contributed by atoms with Crippen LogP contribution in [0.1, 0.15) is 25.7 Å². The molecule has 11 nitrogen and oxygen atoms in total. The molecule has 4 N–H and O–H groups in total. The smallest absolute Gasteiger partial charge is 0.319 e. The number of benzene rings is 3. The summed E-state index contributed by atoms with van der Waals surface area (Å²) >= 11 is 0. The summed E-state index contributed by atoms with van der Waals surface area (Å²) < 4.78 is 6.29. The van der Waals surface area contributed by atoms with Crippen LogP contribution in [0, 0.1) is 0 Å². The van der Waals surface area contributed by atoms with Gasteiger partial charge >= 0.3 is 12.0 Å². The predicted molar refractivity (Wildman–Crippen MR) is 169 cm³/mol. The lowest BCUT2D eigenvalue weighted by Crippen LogP contribution is -2.58. The molecule has 44 heavy (non-hydrogen) atoms. The average Bonchev–Trinajstić information content (AvgIpc) is 3.55. The van der Waals surface area contributed by atoms with Crippen LogP contribution in [0.5, 0.6) is 11.8 Å². The quantitative estimate of drug-likeness (QED) is 0.295. The minimum atomic E-state index is -0.568. The Morgan fingerprint density at radius 2 is 1.82 bits per heavy atom. The molecule has 3 aliphatic rings. The number of piperazine rings is 1. The first-order chi connectivity index (χ1) is 21.3. The highest BCUT2D eigenvalue weighted by atomic mass is 16.5. The highest BCUT2D eigenvalue weighted by molar-refractivity contribution is 6.01. The standard InChI is InChI=1S/C33H37N7O4/c1-38-12-4-6-24(38)19-44-32-36-29-14-21(28-15-25(41)13-20-5-2-3-7-26(20)28)8-11-27(29)31(37-32)40-22-9-10-23(40)18-39(17-22)33(43)35-16-30(34)42/h2-3,5,7-8,11,13-15,22-24,41H,4,6,9-10,12,16-19H2,1H3,(H2,34,42)(H,35,43)/t22-,23+,24-/m0/s1. The molecule has 4 heterocycles. The molecule has 228 valence electrons. The van der Waals surface area contributed by atoms with Crippen molar-refractivity contribution in [2.75, 3.05) is 44.7 Å². The molecule has 3 saturated heterocycles. The molecule has 7 rings (SSSR count). The van der Waals surface area contributed by atoms with Gasteiger partial charge in [-0.2, -0.15) is 9.97 Å². The van der Waals surface area contributed by atoms with Crippen molar-refractivity contribution in [2.45, 2.75) is 43.8 Å². The number of phenolic OH excluding ortho intramolecular Hbond substituents is 1. The van der Waals surface area contributed by atoms with Crippen molar-refractivity contribution in [2.24, 2.45) is 5.73 Å². The Morgan fingerprint density at radius 1 is 1.02 bits per heavy atom. The topological polar surface area (TPSA) is 137 Å². The van der Waals surface area contributed by atoms with Gasteiger partial charge in [0, 0.05) is 36.6 Å². The Kier molecular flexibility index (Phi) is 7.33. The van der Waals surface area contributed by atoms with E-state index < -0.39 is 5.91 Å². The Balaban J connectivity index is 1.26.